The third-order valence-corrected chi connectivity index (χ3v) is 3.17. The van der Waals surface area contributed by atoms with E-state index in [2.05, 4.69) is 6.58 Å². The molecular weight excluding hydrogens is 239 g/mol. The topological polar surface area (TPSA) is 20.2 Å². The lowest BCUT2D eigenvalue weighted by Gasteiger charge is -2.14. The van der Waals surface area contributed by atoms with Crippen molar-refractivity contribution in [3.63, 3.8) is 0 Å². The average Bonchev–Trinajstić information content (AvgIpc) is 2.45. The van der Waals surface area contributed by atoms with E-state index in [-0.39, 0.29) is 5.82 Å². The molecule has 0 aromatic heterocycles. The van der Waals surface area contributed by atoms with Gasteiger partial charge in [0.2, 0.25) is 0 Å². The lowest BCUT2D eigenvalue weighted by molar-refractivity contribution is 0.222. The number of rotatable bonds is 5. The van der Waals surface area contributed by atoms with Crippen molar-refractivity contribution in [1.82, 2.24) is 0 Å². The average molecular weight is 256 g/mol. The second kappa shape index (κ2) is 6.30. The minimum atomic E-state index is -0.725. The van der Waals surface area contributed by atoms with Gasteiger partial charge in [0.25, 0.3) is 0 Å². The molecule has 0 saturated carbocycles. The number of aryl methyl sites for hydroxylation is 1. The van der Waals surface area contributed by atoms with Gasteiger partial charge in [0.05, 0.1) is 6.10 Å². The molecule has 19 heavy (non-hydrogen) atoms. The minimum Gasteiger partial charge on any atom is -0.388 e. The van der Waals surface area contributed by atoms with E-state index in [1.165, 1.54) is 6.07 Å². The fourth-order valence-corrected chi connectivity index (χ4v) is 2.02. The van der Waals surface area contributed by atoms with Gasteiger partial charge in [0, 0.05) is 5.56 Å². The molecule has 98 valence electrons. The SMILES string of the molecule is C=C(c1ccccc1F)C(O)CCc1ccccc1. The highest BCUT2D eigenvalue weighted by Gasteiger charge is 2.13. The van der Waals surface area contributed by atoms with Crippen LogP contribution in [-0.4, -0.2) is 11.2 Å². The first kappa shape index (κ1) is 13.5. The van der Waals surface area contributed by atoms with Crippen molar-refractivity contribution in [3.05, 3.63) is 78.1 Å². The molecule has 0 aliphatic heterocycles. The van der Waals surface area contributed by atoms with Gasteiger partial charge in [-0.25, -0.2) is 4.39 Å². The monoisotopic (exact) mass is 256 g/mol. The largest absolute Gasteiger partial charge is 0.388 e. The van der Waals surface area contributed by atoms with Crippen molar-refractivity contribution in [3.8, 4) is 0 Å². The summed E-state index contributed by atoms with van der Waals surface area (Å²) < 4.78 is 13.6. The van der Waals surface area contributed by atoms with Crippen LogP contribution in [0.5, 0.6) is 0 Å². The van der Waals surface area contributed by atoms with E-state index < -0.39 is 6.10 Å². The summed E-state index contributed by atoms with van der Waals surface area (Å²) in [6, 6.07) is 16.3. The quantitative estimate of drug-likeness (QED) is 0.862. The third kappa shape index (κ3) is 3.52. The van der Waals surface area contributed by atoms with Crippen LogP contribution in [0.25, 0.3) is 5.57 Å². The van der Waals surface area contributed by atoms with Gasteiger partial charge in [-0.3, -0.25) is 0 Å². The van der Waals surface area contributed by atoms with Crippen molar-refractivity contribution in [2.45, 2.75) is 18.9 Å². The van der Waals surface area contributed by atoms with E-state index in [0.717, 1.165) is 12.0 Å². The number of benzene rings is 2. The summed E-state index contributed by atoms with van der Waals surface area (Å²) >= 11 is 0. The Hall–Kier alpha value is -1.93. The smallest absolute Gasteiger partial charge is 0.130 e. The van der Waals surface area contributed by atoms with Crippen molar-refractivity contribution < 1.29 is 9.50 Å². The maximum atomic E-state index is 13.6. The van der Waals surface area contributed by atoms with Gasteiger partial charge >= 0.3 is 0 Å². The summed E-state index contributed by atoms with van der Waals surface area (Å²) in [5, 5.41) is 10.1. The normalized spacial score (nSPS) is 12.1. The van der Waals surface area contributed by atoms with Gasteiger partial charge in [-0.1, -0.05) is 55.1 Å². The van der Waals surface area contributed by atoms with Gasteiger partial charge < -0.3 is 5.11 Å². The molecule has 0 fully saturated rings. The van der Waals surface area contributed by atoms with E-state index >= 15 is 0 Å². The van der Waals surface area contributed by atoms with Crippen LogP contribution in [0.4, 0.5) is 4.39 Å². The predicted octanol–water partition coefficient (Wildman–Crippen LogP) is 3.83. The lowest BCUT2D eigenvalue weighted by atomic mass is 9.97. The Kier molecular flexibility index (Phi) is 4.48. The van der Waals surface area contributed by atoms with Gasteiger partial charge in [0.1, 0.15) is 5.82 Å². The van der Waals surface area contributed by atoms with Crippen molar-refractivity contribution in [1.29, 1.82) is 0 Å². The second-order valence-corrected chi connectivity index (χ2v) is 4.55. The van der Waals surface area contributed by atoms with Crippen molar-refractivity contribution in [2.75, 3.05) is 0 Å². The Morgan fingerprint density at radius 1 is 1.05 bits per heavy atom. The van der Waals surface area contributed by atoms with Crippen LogP contribution in [0.1, 0.15) is 17.5 Å². The van der Waals surface area contributed by atoms with Crippen LogP contribution in [0, 0.1) is 5.82 Å². The van der Waals surface area contributed by atoms with Crippen molar-refractivity contribution in [2.24, 2.45) is 0 Å². The van der Waals surface area contributed by atoms with Gasteiger partial charge in [-0.2, -0.15) is 0 Å². The highest BCUT2D eigenvalue weighted by Crippen LogP contribution is 2.22. The zero-order chi connectivity index (χ0) is 13.7. The number of halogens is 1. The van der Waals surface area contributed by atoms with E-state index in [9.17, 15) is 9.50 Å². The zero-order valence-corrected chi connectivity index (χ0v) is 10.7. The fraction of sp³-hybridized carbons (Fsp3) is 0.176. The Bertz CT molecular complexity index is 548. The van der Waals surface area contributed by atoms with E-state index in [1.54, 1.807) is 18.2 Å². The molecule has 2 heteroatoms. The van der Waals surface area contributed by atoms with Crippen molar-refractivity contribution >= 4 is 5.57 Å². The first-order valence-corrected chi connectivity index (χ1v) is 6.34. The summed E-state index contributed by atoms with van der Waals surface area (Å²) in [7, 11) is 0. The molecule has 2 aromatic carbocycles. The van der Waals surface area contributed by atoms with Crippen LogP contribution >= 0.6 is 0 Å². The Labute approximate surface area is 113 Å². The molecule has 0 saturated heterocycles. The highest BCUT2D eigenvalue weighted by molar-refractivity contribution is 5.66. The molecule has 0 aliphatic rings. The van der Waals surface area contributed by atoms with Crippen LogP contribution in [0.3, 0.4) is 0 Å². The van der Waals surface area contributed by atoms with Gasteiger partial charge in [-0.05, 0) is 30.0 Å². The Morgan fingerprint density at radius 2 is 1.68 bits per heavy atom. The number of aliphatic hydroxyl groups excluding tert-OH is 1. The first-order chi connectivity index (χ1) is 9.18. The van der Waals surface area contributed by atoms with Crippen LogP contribution in [-0.2, 0) is 6.42 Å². The molecule has 2 aromatic rings. The molecule has 0 radical (unpaired) electrons. The van der Waals surface area contributed by atoms with Gasteiger partial charge in [-0.15, -0.1) is 0 Å². The molecule has 0 spiro atoms. The van der Waals surface area contributed by atoms with Crippen LogP contribution < -0.4 is 0 Å². The Balaban J connectivity index is 1.99. The van der Waals surface area contributed by atoms with Gasteiger partial charge in [0.15, 0.2) is 0 Å². The van der Waals surface area contributed by atoms with E-state index in [1.807, 2.05) is 30.3 Å². The van der Waals surface area contributed by atoms with Crippen LogP contribution in [0.15, 0.2) is 61.2 Å². The summed E-state index contributed by atoms with van der Waals surface area (Å²) in [4.78, 5) is 0. The zero-order valence-electron chi connectivity index (χ0n) is 10.7. The molecule has 0 heterocycles. The van der Waals surface area contributed by atoms with Crippen LogP contribution in [0.2, 0.25) is 0 Å². The molecule has 1 unspecified atom stereocenters. The predicted molar refractivity (Wildman–Crippen MR) is 76.2 cm³/mol. The summed E-state index contributed by atoms with van der Waals surface area (Å²) in [6.45, 7) is 3.81. The molecule has 1 N–H and O–H groups in total. The molecule has 1 nitrogen and oxygen atoms in total. The standard InChI is InChI=1S/C17H17FO/c1-13(15-9-5-6-10-16(15)18)17(19)12-11-14-7-3-2-4-8-14/h2-10,17,19H,1,11-12H2. The minimum absolute atomic E-state index is 0.341. The number of hydrogen-bond donors (Lipinski definition) is 1. The van der Waals surface area contributed by atoms with E-state index in [4.69, 9.17) is 0 Å². The molecular formula is C17H17FO. The van der Waals surface area contributed by atoms with E-state index in [0.29, 0.717) is 17.6 Å². The molecule has 2 rings (SSSR count). The maximum absolute atomic E-state index is 13.6. The number of hydrogen-bond acceptors (Lipinski definition) is 1. The summed E-state index contributed by atoms with van der Waals surface area (Å²) in [5.41, 5.74) is 1.99. The summed E-state index contributed by atoms with van der Waals surface area (Å²) in [6.07, 6.45) is 0.559. The first-order valence-electron chi connectivity index (χ1n) is 6.34. The molecule has 0 amide bonds. The summed E-state index contributed by atoms with van der Waals surface area (Å²) in [5.74, 6) is -0.341. The highest BCUT2D eigenvalue weighted by atomic mass is 19.1. The molecule has 0 bridgehead atoms. The maximum Gasteiger partial charge on any atom is 0.130 e. The molecule has 0 aliphatic carbocycles. The fourth-order valence-electron chi connectivity index (χ4n) is 2.02. The second-order valence-electron chi connectivity index (χ2n) is 4.55. The Morgan fingerprint density at radius 3 is 2.37 bits per heavy atom. The lowest BCUT2D eigenvalue weighted by Crippen LogP contribution is -2.11. The molecule has 1 atom stereocenters. The number of aliphatic hydroxyl groups is 1. The third-order valence-electron chi connectivity index (χ3n) is 3.17.